The van der Waals surface area contributed by atoms with E-state index in [1.165, 1.54) is 12.6 Å². The number of nitrogens with one attached hydrogen (secondary N) is 2. The summed E-state index contributed by atoms with van der Waals surface area (Å²) in [4.78, 5) is 43.4. The van der Waals surface area contributed by atoms with Crippen LogP contribution in [0.3, 0.4) is 0 Å². The molecule has 0 fully saturated rings. The lowest BCUT2D eigenvalue weighted by Crippen LogP contribution is -2.47. The van der Waals surface area contributed by atoms with E-state index in [-0.39, 0.29) is 13.0 Å². The van der Waals surface area contributed by atoms with E-state index >= 15 is 0 Å². The van der Waals surface area contributed by atoms with Gasteiger partial charge in [-0.3, -0.25) is 19.2 Å². The summed E-state index contributed by atoms with van der Waals surface area (Å²) >= 11 is 0. The van der Waals surface area contributed by atoms with Gasteiger partial charge in [0.25, 0.3) is 0 Å². The zero-order chi connectivity index (χ0) is 15.4. The summed E-state index contributed by atoms with van der Waals surface area (Å²) in [5, 5.41) is 4.56. The molecular weight excluding hydrogens is 264 g/mol. The lowest BCUT2D eigenvalue weighted by Gasteiger charge is -2.13. The fourth-order valence-corrected chi connectivity index (χ4v) is 1.39. The summed E-state index contributed by atoms with van der Waals surface area (Å²) in [5.41, 5.74) is 10.9. The number of amides is 2. The predicted octanol–water partition coefficient (Wildman–Crippen LogP) is -2.35. The van der Waals surface area contributed by atoms with Crippen molar-refractivity contribution in [2.24, 2.45) is 11.5 Å². The Bertz CT molecular complexity index is 335. The third kappa shape index (κ3) is 8.33. The van der Waals surface area contributed by atoms with Crippen molar-refractivity contribution in [1.29, 1.82) is 0 Å². The van der Waals surface area contributed by atoms with E-state index in [0.29, 0.717) is 13.0 Å². The Morgan fingerprint density at radius 3 is 2.45 bits per heavy atom. The van der Waals surface area contributed by atoms with Gasteiger partial charge in [-0.15, -0.1) is 0 Å². The first kappa shape index (κ1) is 18.2. The van der Waals surface area contributed by atoms with Gasteiger partial charge in [-0.1, -0.05) is 6.42 Å². The van der Waals surface area contributed by atoms with Gasteiger partial charge in [0, 0.05) is 6.42 Å². The second-order valence-electron chi connectivity index (χ2n) is 4.20. The number of unbranched alkanes of at least 4 members (excludes halogenated alkanes) is 1. The Morgan fingerprint density at radius 2 is 1.90 bits per heavy atom. The molecule has 0 saturated carbocycles. The Morgan fingerprint density at radius 1 is 1.20 bits per heavy atom. The highest BCUT2D eigenvalue weighted by Gasteiger charge is 2.16. The zero-order valence-electron chi connectivity index (χ0n) is 11.2. The normalized spacial score (nSPS) is 13.1. The highest BCUT2D eigenvalue weighted by molar-refractivity contribution is 5.88. The summed E-state index contributed by atoms with van der Waals surface area (Å²) in [6.07, 6.45) is 4.69. The molecule has 0 rings (SSSR count). The molecule has 8 nitrogen and oxygen atoms in total. The predicted molar refractivity (Wildman–Crippen MR) is 71.8 cm³/mol. The molecule has 0 heterocycles. The average Bonchev–Trinajstić information content (AvgIpc) is 2.44. The van der Waals surface area contributed by atoms with Crippen molar-refractivity contribution >= 4 is 24.4 Å². The Kier molecular flexibility index (Phi) is 10.1. The van der Waals surface area contributed by atoms with Gasteiger partial charge in [0.1, 0.15) is 6.04 Å². The van der Waals surface area contributed by atoms with Crippen LogP contribution >= 0.6 is 0 Å². The Labute approximate surface area is 117 Å². The molecule has 8 heteroatoms. The van der Waals surface area contributed by atoms with Crippen LogP contribution in [0.4, 0.5) is 0 Å². The smallest absolute Gasteiger partial charge is 0.240 e. The number of hydrogen-bond acceptors (Lipinski definition) is 6. The molecule has 0 spiro atoms. The summed E-state index contributed by atoms with van der Waals surface area (Å²) in [6.45, 7) is 0.217. The quantitative estimate of drug-likeness (QED) is 0.313. The Hall–Kier alpha value is -1.80. The number of nitrogens with two attached hydrogens (primary N) is 2. The standard InChI is InChI=1S/C12H20N4O4/c13-5-2-1-3-10(14)12(20)15-7-11(19)16-9(8-18)4-6-17/h9-10H,1-5,7,13-14H2,(H,15,20)(H,16,19). The summed E-state index contributed by atoms with van der Waals surface area (Å²) in [5.74, 6) is -1.05. The van der Waals surface area contributed by atoms with Crippen LogP contribution in [0.5, 0.6) is 0 Å². The van der Waals surface area contributed by atoms with Crippen LogP contribution < -0.4 is 22.1 Å². The van der Waals surface area contributed by atoms with Gasteiger partial charge in [-0.05, 0) is 19.4 Å². The molecule has 2 unspecified atom stereocenters. The van der Waals surface area contributed by atoms with Crippen molar-refractivity contribution in [3.05, 3.63) is 0 Å². The molecule has 0 saturated heterocycles. The molecule has 0 aromatic rings. The van der Waals surface area contributed by atoms with Crippen molar-refractivity contribution in [3.63, 3.8) is 0 Å². The minimum Gasteiger partial charge on any atom is -0.346 e. The van der Waals surface area contributed by atoms with Crippen LogP contribution in [0.15, 0.2) is 0 Å². The molecule has 2 atom stereocenters. The summed E-state index contributed by atoms with van der Waals surface area (Å²) in [6, 6.07) is -1.75. The maximum atomic E-state index is 11.5. The maximum Gasteiger partial charge on any atom is 0.240 e. The molecule has 6 N–H and O–H groups in total. The third-order valence-electron chi connectivity index (χ3n) is 2.49. The second kappa shape index (κ2) is 11.1. The van der Waals surface area contributed by atoms with Crippen LogP contribution in [0.25, 0.3) is 0 Å². The van der Waals surface area contributed by atoms with Crippen LogP contribution in [-0.2, 0) is 19.2 Å². The molecule has 0 aliphatic rings. The molecule has 112 valence electrons. The van der Waals surface area contributed by atoms with E-state index in [1.807, 2.05) is 0 Å². The molecule has 0 aromatic heterocycles. The van der Waals surface area contributed by atoms with E-state index in [4.69, 9.17) is 11.5 Å². The molecule has 0 aliphatic carbocycles. The monoisotopic (exact) mass is 284 g/mol. The first-order valence-electron chi connectivity index (χ1n) is 6.30. The molecule has 2 radical (unpaired) electrons. The number of rotatable bonds is 11. The summed E-state index contributed by atoms with van der Waals surface area (Å²) in [7, 11) is 0. The van der Waals surface area contributed by atoms with Crippen molar-refractivity contribution in [1.82, 2.24) is 10.6 Å². The van der Waals surface area contributed by atoms with E-state index < -0.39 is 23.9 Å². The number of carbonyl (C=O) groups excluding carboxylic acids is 4. The topological polar surface area (TPSA) is 144 Å². The van der Waals surface area contributed by atoms with Crippen molar-refractivity contribution in [2.75, 3.05) is 13.1 Å². The van der Waals surface area contributed by atoms with Gasteiger partial charge in [-0.2, -0.15) is 0 Å². The lowest BCUT2D eigenvalue weighted by molar-refractivity contribution is -0.127. The van der Waals surface area contributed by atoms with Crippen molar-refractivity contribution in [3.8, 4) is 0 Å². The van der Waals surface area contributed by atoms with Gasteiger partial charge in [0.05, 0.1) is 12.6 Å². The number of hydrogen-bond donors (Lipinski definition) is 4. The molecular formula is C12H20N4O4. The first-order valence-corrected chi connectivity index (χ1v) is 6.30. The average molecular weight is 284 g/mol. The molecule has 2 amide bonds. The van der Waals surface area contributed by atoms with E-state index in [1.54, 1.807) is 0 Å². The lowest BCUT2D eigenvalue weighted by atomic mass is 10.1. The Balaban J connectivity index is 3.95. The van der Waals surface area contributed by atoms with Gasteiger partial charge >= 0.3 is 0 Å². The van der Waals surface area contributed by atoms with Crippen LogP contribution in [0.1, 0.15) is 25.7 Å². The SMILES string of the molecule is NCCCCC(N)C(=O)NCC(=O)NC([C]=O)C[C]=O. The van der Waals surface area contributed by atoms with Crippen LogP contribution in [0, 0.1) is 0 Å². The second-order valence-corrected chi connectivity index (χ2v) is 4.20. The minimum atomic E-state index is -1.05. The highest BCUT2D eigenvalue weighted by Crippen LogP contribution is 1.97. The molecule has 20 heavy (non-hydrogen) atoms. The fraction of sp³-hybridized carbons (Fsp3) is 0.667. The number of carbonyl (C=O) groups is 2. The highest BCUT2D eigenvalue weighted by atomic mass is 16.2. The zero-order valence-corrected chi connectivity index (χ0v) is 11.2. The van der Waals surface area contributed by atoms with E-state index in [2.05, 4.69) is 10.6 Å². The van der Waals surface area contributed by atoms with Crippen molar-refractivity contribution in [2.45, 2.75) is 37.8 Å². The van der Waals surface area contributed by atoms with Gasteiger partial charge in [-0.25, -0.2) is 0 Å². The first-order chi connectivity index (χ1) is 9.54. The molecule has 0 aliphatic heterocycles. The fourth-order valence-electron chi connectivity index (χ4n) is 1.39. The van der Waals surface area contributed by atoms with Crippen LogP contribution in [-0.4, -0.2) is 49.6 Å². The molecule has 0 bridgehead atoms. The van der Waals surface area contributed by atoms with Gasteiger partial charge in [0.2, 0.25) is 24.4 Å². The minimum absolute atomic E-state index is 0.276. The summed E-state index contributed by atoms with van der Waals surface area (Å²) < 4.78 is 0. The third-order valence-corrected chi connectivity index (χ3v) is 2.49. The van der Waals surface area contributed by atoms with Crippen molar-refractivity contribution < 1.29 is 19.2 Å². The largest absolute Gasteiger partial charge is 0.346 e. The van der Waals surface area contributed by atoms with Gasteiger partial charge < -0.3 is 22.1 Å². The van der Waals surface area contributed by atoms with E-state index in [9.17, 15) is 19.2 Å². The van der Waals surface area contributed by atoms with Crippen LogP contribution in [0.2, 0.25) is 0 Å². The van der Waals surface area contributed by atoms with Gasteiger partial charge in [0.15, 0.2) is 0 Å². The maximum absolute atomic E-state index is 11.5. The van der Waals surface area contributed by atoms with E-state index in [0.717, 1.165) is 12.8 Å². The molecule has 0 aromatic carbocycles.